The standard InChI is InChI=1S/C19H26F2N2O2/c1-25-19(14-5-2-4-13(10-14)18(22)24)15-6-3-7-16(19)12-23(11-15)9-8-17(20)21/h2,4-5,10,15-17H,3,6-9,11-12H2,1H3,(H2,22,24). The second kappa shape index (κ2) is 7.38. The number of amides is 1. The van der Waals surface area contributed by atoms with Crippen molar-refractivity contribution in [1.29, 1.82) is 0 Å². The van der Waals surface area contributed by atoms with Gasteiger partial charge in [0.1, 0.15) is 5.60 Å². The Hall–Kier alpha value is -1.53. The number of carbonyl (C=O) groups excluding carboxylic acids is 1. The number of hydrogen-bond acceptors (Lipinski definition) is 3. The van der Waals surface area contributed by atoms with Crippen molar-refractivity contribution in [1.82, 2.24) is 4.90 Å². The summed E-state index contributed by atoms with van der Waals surface area (Å²) >= 11 is 0. The van der Waals surface area contributed by atoms with E-state index in [4.69, 9.17) is 10.5 Å². The Bertz CT molecular complexity index is 609. The molecule has 6 heteroatoms. The van der Waals surface area contributed by atoms with Gasteiger partial charge in [-0.2, -0.15) is 0 Å². The smallest absolute Gasteiger partial charge is 0.248 e. The maximum atomic E-state index is 12.6. The van der Waals surface area contributed by atoms with Crippen LogP contribution in [0.15, 0.2) is 24.3 Å². The van der Waals surface area contributed by atoms with Crippen molar-refractivity contribution in [3.05, 3.63) is 35.4 Å². The van der Waals surface area contributed by atoms with Crippen molar-refractivity contribution < 1.29 is 18.3 Å². The lowest BCUT2D eigenvalue weighted by Gasteiger charge is -2.55. The maximum absolute atomic E-state index is 12.6. The monoisotopic (exact) mass is 352 g/mol. The Morgan fingerprint density at radius 3 is 2.60 bits per heavy atom. The summed E-state index contributed by atoms with van der Waals surface area (Å²) in [5, 5.41) is 0. The van der Waals surface area contributed by atoms with E-state index in [0.29, 0.717) is 12.1 Å². The third kappa shape index (κ3) is 3.42. The minimum absolute atomic E-state index is 0.0867. The van der Waals surface area contributed by atoms with Gasteiger partial charge in [-0.25, -0.2) is 8.78 Å². The molecule has 1 aliphatic heterocycles. The van der Waals surface area contributed by atoms with Gasteiger partial charge in [-0.15, -0.1) is 0 Å². The summed E-state index contributed by atoms with van der Waals surface area (Å²) < 4.78 is 31.3. The number of benzene rings is 1. The van der Waals surface area contributed by atoms with Crippen LogP contribution in [0.5, 0.6) is 0 Å². The number of nitrogens with two attached hydrogens (primary N) is 1. The number of carbonyl (C=O) groups is 1. The first-order chi connectivity index (χ1) is 12.0. The second-order valence-electron chi connectivity index (χ2n) is 7.21. The molecule has 0 spiro atoms. The van der Waals surface area contributed by atoms with Crippen molar-refractivity contribution in [2.24, 2.45) is 17.6 Å². The van der Waals surface area contributed by atoms with Crippen LogP contribution in [-0.4, -0.2) is 44.0 Å². The molecule has 2 unspecified atom stereocenters. The number of fused-ring (bicyclic) bond motifs is 2. The number of ether oxygens (including phenoxy) is 1. The van der Waals surface area contributed by atoms with E-state index in [2.05, 4.69) is 4.90 Å². The molecule has 1 aromatic rings. The molecule has 0 radical (unpaired) electrons. The third-order valence-electron chi connectivity index (χ3n) is 5.87. The van der Waals surface area contributed by atoms with E-state index in [1.807, 2.05) is 18.2 Å². The van der Waals surface area contributed by atoms with E-state index in [-0.39, 0.29) is 18.3 Å². The average molecular weight is 352 g/mol. The third-order valence-corrected chi connectivity index (χ3v) is 5.87. The van der Waals surface area contributed by atoms with Crippen LogP contribution in [0.25, 0.3) is 0 Å². The summed E-state index contributed by atoms with van der Waals surface area (Å²) in [5.74, 6) is 0.00392. The fourth-order valence-electron chi connectivity index (χ4n) is 4.83. The van der Waals surface area contributed by atoms with Crippen molar-refractivity contribution >= 4 is 5.91 Å². The molecular weight excluding hydrogens is 326 g/mol. The molecule has 1 amide bonds. The Labute approximate surface area is 147 Å². The van der Waals surface area contributed by atoms with Gasteiger partial charge in [0.15, 0.2) is 0 Å². The van der Waals surface area contributed by atoms with Gasteiger partial charge in [0, 0.05) is 50.6 Å². The highest BCUT2D eigenvalue weighted by Gasteiger charge is 2.53. The summed E-state index contributed by atoms with van der Waals surface area (Å²) in [7, 11) is 1.72. The molecule has 1 heterocycles. The number of likely N-dealkylation sites (tertiary alicyclic amines) is 1. The van der Waals surface area contributed by atoms with Gasteiger partial charge in [-0.1, -0.05) is 18.6 Å². The van der Waals surface area contributed by atoms with E-state index in [1.165, 1.54) is 0 Å². The summed E-state index contributed by atoms with van der Waals surface area (Å²) in [4.78, 5) is 13.7. The van der Waals surface area contributed by atoms with Gasteiger partial charge in [0.05, 0.1) is 0 Å². The molecular formula is C19H26F2N2O2. The number of nitrogens with zero attached hydrogens (tertiary/aromatic N) is 1. The van der Waals surface area contributed by atoms with Crippen molar-refractivity contribution in [2.75, 3.05) is 26.7 Å². The van der Waals surface area contributed by atoms with Gasteiger partial charge >= 0.3 is 0 Å². The fraction of sp³-hybridized carbons (Fsp3) is 0.632. The highest BCUT2D eigenvalue weighted by molar-refractivity contribution is 5.92. The van der Waals surface area contributed by atoms with Crippen LogP contribution in [0, 0.1) is 11.8 Å². The predicted molar refractivity (Wildman–Crippen MR) is 91.5 cm³/mol. The van der Waals surface area contributed by atoms with E-state index in [1.54, 1.807) is 13.2 Å². The number of piperidine rings is 1. The zero-order valence-electron chi connectivity index (χ0n) is 14.6. The molecule has 1 saturated heterocycles. The van der Waals surface area contributed by atoms with Crippen LogP contribution in [-0.2, 0) is 10.3 Å². The number of alkyl halides is 2. The van der Waals surface area contributed by atoms with Crippen molar-refractivity contribution in [3.63, 3.8) is 0 Å². The number of halogens is 2. The molecule has 0 aromatic heterocycles. The van der Waals surface area contributed by atoms with Gasteiger partial charge < -0.3 is 15.4 Å². The van der Waals surface area contributed by atoms with Gasteiger partial charge in [0.25, 0.3) is 0 Å². The zero-order chi connectivity index (χ0) is 18.0. The van der Waals surface area contributed by atoms with E-state index in [0.717, 1.165) is 37.9 Å². The van der Waals surface area contributed by atoms with E-state index < -0.39 is 17.9 Å². The lowest BCUT2D eigenvalue weighted by molar-refractivity contribution is -0.169. The molecule has 2 bridgehead atoms. The molecule has 2 aliphatic rings. The van der Waals surface area contributed by atoms with Crippen LogP contribution in [0.1, 0.15) is 41.6 Å². The fourth-order valence-corrected chi connectivity index (χ4v) is 4.83. The topological polar surface area (TPSA) is 55.6 Å². The van der Waals surface area contributed by atoms with Crippen molar-refractivity contribution in [3.8, 4) is 0 Å². The average Bonchev–Trinajstić information content (AvgIpc) is 2.59. The largest absolute Gasteiger partial charge is 0.373 e. The highest BCUT2D eigenvalue weighted by atomic mass is 19.3. The minimum atomic E-state index is -2.26. The molecule has 1 aliphatic carbocycles. The van der Waals surface area contributed by atoms with Gasteiger partial charge in [-0.05, 0) is 30.5 Å². The highest BCUT2D eigenvalue weighted by Crippen LogP contribution is 2.51. The molecule has 2 atom stereocenters. The number of primary amides is 1. The van der Waals surface area contributed by atoms with E-state index in [9.17, 15) is 13.6 Å². The molecule has 138 valence electrons. The zero-order valence-corrected chi connectivity index (χ0v) is 14.6. The van der Waals surface area contributed by atoms with Crippen LogP contribution >= 0.6 is 0 Å². The summed E-state index contributed by atoms with van der Waals surface area (Å²) in [6.45, 7) is 1.92. The summed E-state index contributed by atoms with van der Waals surface area (Å²) in [6.07, 6.45) is 0.767. The number of hydrogen-bond donors (Lipinski definition) is 1. The van der Waals surface area contributed by atoms with Crippen LogP contribution < -0.4 is 5.73 Å². The Kier molecular flexibility index (Phi) is 5.39. The van der Waals surface area contributed by atoms with Crippen LogP contribution in [0.2, 0.25) is 0 Å². The number of rotatable bonds is 6. The minimum Gasteiger partial charge on any atom is -0.373 e. The number of methoxy groups -OCH3 is 1. The van der Waals surface area contributed by atoms with Gasteiger partial charge in [-0.3, -0.25) is 4.79 Å². The molecule has 2 N–H and O–H groups in total. The molecule has 1 aromatic carbocycles. The van der Waals surface area contributed by atoms with Crippen LogP contribution in [0.3, 0.4) is 0 Å². The first-order valence-corrected chi connectivity index (χ1v) is 8.93. The SMILES string of the molecule is COC1(c2cccc(C(N)=O)c2)C2CCCC1CN(CCC(F)F)C2. The van der Waals surface area contributed by atoms with Gasteiger partial charge in [0.2, 0.25) is 12.3 Å². The van der Waals surface area contributed by atoms with Crippen LogP contribution in [0.4, 0.5) is 8.78 Å². The Morgan fingerprint density at radius 2 is 2.04 bits per heavy atom. The molecule has 2 fully saturated rings. The summed E-state index contributed by atoms with van der Waals surface area (Å²) in [5.41, 5.74) is 6.44. The second-order valence-corrected chi connectivity index (χ2v) is 7.21. The van der Waals surface area contributed by atoms with E-state index >= 15 is 0 Å². The lowest BCUT2D eigenvalue weighted by atomic mass is 9.62. The Balaban J connectivity index is 1.90. The Morgan fingerprint density at radius 1 is 1.36 bits per heavy atom. The normalized spacial score (nSPS) is 29.8. The first kappa shape index (κ1) is 18.3. The summed E-state index contributed by atoms with van der Waals surface area (Å²) in [6, 6.07) is 7.39. The maximum Gasteiger partial charge on any atom is 0.248 e. The lowest BCUT2D eigenvalue weighted by Crippen LogP contribution is -2.59. The molecule has 25 heavy (non-hydrogen) atoms. The molecule has 3 rings (SSSR count). The first-order valence-electron chi connectivity index (χ1n) is 8.93. The van der Waals surface area contributed by atoms with Crippen molar-refractivity contribution in [2.45, 2.75) is 37.7 Å². The quantitative estimate of drug-likeness (QED) is 0.856. The predicted octanol–water partition coefficient (Wildman–Crippen LogP) is 3.01. The molecule has 4 nitrogen and oxygen atoms in total. The molecule has 1 saturated carbocycles.